The maximum absolute atomic E-state index is 13.6. The molecule has 1 saturated carbocycles. The highest BCUT2D eigenvalue weighted by atomic mass is 16.7. The van der Waals surface area contributed by atoms with Gasteiger partial charge in [-0.25, -0.2) is 0 Å². The molecule has 1 N–H and O–H groups in total. The molecule has 5 nitrogen and oxygen atoms in total. The van der Waals surface area contributed by atoms with Gasteiger partial charge in [0, 0.05) is 11.3 Å². The first-order valence-electron chi connectivity index (χ1n) is 10.5. The maximum atomic E-state index is 13.6. The standard InChI is InChI=1S/C23H27NO4/c1-5-11-8-10(4)9-12(6-2)14(11)16-19(25)17-18(20(16)26)22-23-15(21(17)27-22)13(7-3)24-28-23/h8-9,16-18,21-24H,5-7H2,1-4H3/t16?,17-,18+,21-,22-,23?/m0/s1. The van der Waals surface area contributed by atoms with Crippen molar-refractivity contribution >= 4 is 11.6 Å². The van der Waals surface area contributed by atoms with Crippen molar-refractivity contribution < 1.29 is 19.2 Å². The number of hydrogen-bond acceptors (Lipinski definition) is 5. The van der Waals surface area contributed by atoms with Gasteiger partial charge in [0.1, 0.15) is 18.1 Å². The molecule has 2 saturated heterocycles. The third-order valence-corrected chi connectivity index (χ3v) is 7.07. The SMILES string of the molecule is CCC1=C2C(ON1)[C@H]1O[C@@H]2[C@@H]2C(=O)C(c3c(CC)cc(C)cc3CC)C(=O)[C@@H]21. The number of ketones is 2. The van der Waals surface area contributed by atoms with E-state index in [9.17, 15) is 9.59 Å². The summed E-state index contributed by atoms with van der Waals surface area (Å²) >= 11 is 0. The van der Waals surface area contributed by atoms with Crippen LogP contribution < -0.4 is 5.48 Å². The van der Waals surface area contributed by atoms with Gasteiger partial charge in [0.2, 0.25) is 0 Å². The van der Waals surface area contributed by atoms with Gasteiger partial charge in [-0.3, -0.25) is 19.9 Å². The first-order chi connectivity index (χ1) is 13.5. The molecule has 3 fully saturated rings. The fourth-order valence-corrected chi connectivity index (χ4v) is 5.92. The number of benzene rings is 1. The minimum absolute atomic E-state index is 0.0309. The van der Waals surface area contributed by atoms with Crippen molar-refractivity contribution in [1.82, 2.24) is 5.48 Å². The van der Waals surface area contributed by atoms with Crippen molar-refractivity contribution in [3.05, 3.63) is 45.7 Å². The van der Waals surface area contributed by atoms with E-state index in [0.29, 0.717) is 0 Å². The Morgan fingerprint density at radius 2 is 1.57 bits per heavy atom. The van der Waals surface area contributed by atoms with E-state index in [2.05, 4.69) is 45.3 Å². The van der Waals surface area contributed by atoms with Crippen LogP contribution in [-0.2, 0) is 32.0 Å². The van der Waals surface area contributed by atoms with Crippen LogP contribution in [0.15, 0.2) is 23.4 Å². The van der Waals surface area contributed by atoms with Crippen molar-refractivity contribution in [3.63, 3.8) is 0 Å². The molecule has 4 aliphatic rings. The third kappa shape index (κ3) is 2.15. The summed E-state index contributed by atoms with van der Waals surface area (Å²) in [7, 11) is 0. The lowest BCUT2D eigenvalue weighted by molar-refractivity contribution is -0.128. The number of hydrogen-bond donors (Lipinski definition) is 1. The number of Topliss-reactive ketones (excluding diaryl/α,β-unsaturated/α-hetero) is 2. The number of carbonyl (C=O) groups excluding carboxylic acids is 2. The average molecular weight is 381 g/mol. The van der Waals surface area contributed by atoms with Gasteiger partial charge in [0.15, 0.2) is 11.6 Å². The van der Waals surface area contributed by atoms with Crippen molar-refractivity contribution in [2.75, 3.05) is 0 Å². The molecule has 1 aromatic rings. The quantitative estimate of drug-likeness (QED) is 0.813. The average Bonchev–Trinajstić information content (AvgIpc) is 3.42. The van der Waals surface area contributed by atoms with Crippen LogP contribution in [0.25, 0.3) is 0 Å². The van der Waals surface area contributed by atoms with Gasteiger partial charge in [-0.2, -0.15) is 0 Å². The van der Waals surface area contributed by atoms with Crippen LogP contribution in [0.5, 0.6) is 0 Å². The molecule has 0 radical (unpaired) electrons. The lowest BCUT2D eigenvalue weighted by Gasteiger charge is -2.23. The molecular weight excluding hydrogens is 354 g/mol. The molecule has 0 aromatic heterocycles. The van der Waals surface area contributed by atoms with Crippen LogP contribution >= 0.6 is 0 Å². The molecule has 3 aliphatic heterocycles. The van der Waals surface area contributed by atoms with Crippen LogP contribution in [0.4, 0.5) is 0 Å². The minimum Gasteiger partial charge on any atom is -0.366 e. The van der Waals surface area contributed by atoms with Crippen LogP contribution in [0.1, 0.15) is 55.4 Å². The summed E-state index contributed by atoms with van der Waals surface area (Å²) in [6, 6.07) is 4.27. The van der Waals surface area contributed by atoms with E-state index in [1.807, 2.05) is 0 Å². The molecule has 3 heterocycles. The number of carbonyl (C=O) groups is 2. The fraction of sp³-hybridized carbons (Fsp3) is 0.565. The zero-order chi connectivity index (χ0) is 19.7. The Bertz CT molecular complexity index is 892. The highest BCUT2D eigenvalue weighted by Crippen LogP contribution is 2.57. The van der Waals surface area contributed by atoms with Gasteiger partial charge in [-0.15, -0.1) is 0 Å². The third-order valence-electron chi connectivity index (χ3n) is 7.07. The monoisotopic (exact) mass is 381 g/mol. The van der Waals surface area contributed by atoms with Gasteiger partial charge < -0.3 is 4.74 Å². The van der Waals surface area contributed by atoms with E-state index < -0.39 is 5.92 Å². The normalized spacial score (nSPS) is 35.6. The second-order valence-electron chi connectivity index (χ2n) is 8.44. The first-order valence-corrected chi connectivity index (χ1v) is 10.5. The second-order valence-corrected chi connectivity index (χ2v) is 8.44. The number of rotatable bonds is 4. The molecule has 5 heteroatoms. The topological polar surface area (TPSA) is 64.6 Å². The van der Waals surface area contributed by atoms with Crippen LogP contribution in [0.3, 0.4) is 0 Å². The minimum atomic E-state index is -0.646. The largest absolute Gasteiger partial charge is 0.366 e. The molecule has 1 aliphatic carbocycles. The van der Waals surface area contributed by atoms with Crippen LogP contribution in [-0.4, -0.2) is 29.9 Å². The van der Waals surface area contributed by atoms with Crippen molar-refractivity contribution in [1.29, 1.82) is 0 Å². The number of ether oxygens (including phenoxy) is 1. The van der Waals surface area contributed by atoms with Gasteiger partial charge >= 0.3 is 0 Å². The number of nitrogens with one attached hydrogen (secondary N) is 1. The summed E-state index contributed by atoms with van der Waals surface area (Å²) < 4.78 is 6.13. The lowest BCUT2D eigenvalue weighted by Crippen LogP contribution is -2.39. The number of hydroxylamine groups is 1. The zero-order valence-electron chi connectivity index (χ0n) is 16.9. The van der Waals surface area contributed by atoms with Crippen molar-refractivity contribution in [2.24, 2.45) is 11.8 Å². The highest BCUT2D eigenvalue weighted by Gasteiger charge is 2.69. The predicted molar refractivity (Wildman–Crippen MR) is 104 cm³/mol. The van der Waals surface area contributed by atoms with Gasteiger partial charge in [-0.05, 0) is 42.9 Å². The molecule has 0 amide bonds. The van der Waals surface area contributed by atoms with Gasteiger partial charge in [0.25, 0.3) is 0 Å². The molecule has 148 valence electrons. The number of fused-ring (bicyclic) bond motifs is 8. The molecule has 2 unspecified atom stereocenters. The second kappa shape index (κ2) is 6.26. The van der Waals surface area contributed by atoms with Crippen molar-refractivity contribution in [3.8, 4) is 0 Å². The van der Waals surface area contributed by atoms with E-state index in [0.717, 1.165) is 47.2 Å². The smallest absolute Gasteiger partial charge is 0.154 e. The number of aryl methyl sites for hydroxylation is 3. The molecule has 28 heavy (non-hydrogen) atoms. The Balaban J connectivity index is 1.60. The van der Waals surface area contributed by atoms with E-state index in [4.69, 9.17) is 9.57 Å². The molecular formula is C23H27NO4. The van der Waals surface area contributed by atoms with E-state index in [1.165, 1.54) is 5.56 Å². The Morgan fingerprint density at radius 3 is 2.18 bits per heavy atom. The molecule has 2 bridgehead atoms. The van der Waals surface area contributed by atoms with E-state index in [-0.39, 0.29) is 41.7 Å². The zero-order valence-corrected chi connectivity index (χ0v) is 16.9. The fourth-order valence-electron chi connectivity index (χ4n) is 5.92. The molecule has 0 spiro atoms. The summed E-state index contributed by atoms with van der Waals surface area (Å²) in [5.41, 5.74) is 9.47. The predicted octanol–water partition coefficient (Wildman–Crippen LogP) is 2.94. The summed E-state index contributed by atoms with van der Waals surface area (Å²) in [6.07, 6.45) is 1.56. The lowest BCUT2D eigenvalue weighted by atomic mass is 9.76. The van der Waals surface area contributed by atoms with Gasteiger partial charge in [0.05, 0.1) is 17.9 Å². The summed E-state index contributed by atoms with van der Waals surface area (Å²) in [6.45, 7) is 8.32. The van der Waals surface area contributed by atoms with Crippen LogP contribution in [0.2, 0.25) is 0 Å². The molecule has 1 aromatic carbocycles. The molecule has 6 atom stereocenters. The van der Waals surface area contributed by atoms with Crippen LogP contribution in [0, 0.1) is 18.8 Å². The Hall–Kier alpha value is -1.98. The summed E-state index contributed by atoms with van der Waals surface area (Å²) in [4.78, 5) is 32.9. The summed E-state index contributed by atoms with van der Waals surface area (Å²) in [5, 5.41) is 0. The summed E-state index contributed by atoms with van der Waals surface area (Å²) in [5.74, 6) is -1.32. The molecule has 5 rings (SSSR count). The Labute approximate surface area is 165 Å². The van der Waals surface area contributed by atoms with Gasteiger partial charge in [-0.1, -0.05) is 38.5 Å². The van der Waals surface area contributed by atoms with E-state index in [1.54, 1.807) is 0 Å². The highest BCUT2D eigenvalue weighted by molar-refractivity contribution is 6.17. The first kappa shape index (κ1) is 18.1. The Kier molecular flexibility index (Phi) is 4.04. The maximum Gasteiger partial charge on any atom is 0.154 e. The number of allylic oxidation sites excluding steroid dienone is 1. The van der Waals surface area contributed by atoms with E-state index >= 15 is 0 Å². The van der Waals surface area contributed by atoms with Crippen molar-refractivity contribution in [2.45, 2.75) is 71.2 Å². The Morgan fingerprint density at radius 1 is 0.929 bits per heavy atom.